The first-order chi connectivity index (χ1) is 17.1. The Hall–Kier alpha value is -3.09. The van der Waals surface area contributed by atoms with E-state index in [1.165, 1.54) is 11.1 Å². The summed E-state index contributed by atoms with van der Waals surface area (Å²) in [6.45, 7) is 5.28. The molecule has 0 radical (unpaired) electrons. The lowest BCUT2D eigenvalue weighted by Gasteiger charge is -2.53. The topological polar surface area (TPSA) is 64.6 Å². The fourth-order valence-corrected chi connectivity index (χ4v) is 7.72. The minimum Gasteiger partial charge on any atom is -1.00 e. The number of fused-ring (bicyclic) bond motifs is 3. The quantitative estimate of drug-likeness (QED) is 0.292. The largest absolute Gasteiger partial charge is 1.00 e. The number of hydrogen-bond donors (Lipinski definition) is 1. The van der Waals surface area contributed by atoms with Crippen LogP contribution in [0, 0.1) is 5.92 Å². The van der Waals surface area contributed by atoms with Crippen molar-refractivity contribution >= 4 is 17.8 Å². The molecule has 1 spiro atoms. The zero-order valence-corrected chi connectivity index (χ0v) is 21.0. The van der Waals surface area contributed by atoms with Crippen LogP contribution in [-0.2, 0) is 10.2 Å². The van der Waals surface area contributed by atoms with Crippen molar-refractivity contribution in [1.82, 2.24) is 0 Å². The average Bonchev–Trinajstić information content (AvgIpc) is 3.42. The number of halogens is 1. The van der Waals surface area contributed by atoms with Crippen LogP contribution in [0.3, 0.4) is 0 Å². The van der Waals surface area contributed by atoms with Crippen molar-refractivity contribution in [3.8, 4) is 11.5 Å². The van der Waals surface area contributed by atoms with Gasteiger partial charge in [0, 0.05) is 41.3 Å². The molecule has 1 unspecified atom stereocenters. The number of carbonyl (C=O) groups excluding carboxylic acids is 2. The molecule has 4 heterocycles. The number of Topliss-reactive ketones (excluding diaryl/α,β-unsaturated/α-hetero) is 1. The van der Waals surface area contributed by atoms with Gasteiger partial charge in [-0.25, -0.2) is 0 Å². The van der Waals surface area contributed by atoms with Gasteiger partial charge in [0.05, 0.1) is 12.0 Å². The minimum atomic E-state index is -0.226. The molecule has 7 heteroatoms. The summed E-state index contributed by atoms with van der Waals surface area (Å²) in [7, 11) is 0. The summed E-state index contributed by atoms with van der Waals surface area (Å²) in [5.74, 6) is 1.62. The zero-order chi connectivity index (χ0) is 23.8. The molecule has 0 aromatic heterocycles. The maximum absolute atomic E-state index is 13.8. The van der Waals surface area contributed by atoms with Gasteiger partial charge in [0.25, 0.3) is 0 Å². The molecule has 7 rings (SSSR count). The van der Waals surface area contributed by atoms with Crippen LogP contribution < -0.4 is 27.2 Å². The minimum absolute atomic E-state index is 0. The van der Waals surface area contributed by atoms with E-state index in [1.54, 1.807) is 0 Å². The lowest BCUT2D eigenvalue weighted by molar-refractivity contribution is -0.934. The molecular weight excluding hydrogens is 476 g/mol. The Morgan fingerprint density at radius 3 is 2.78 bits per heavy atom. The van der Waals surface area contributed by atoms with Gasteiger partial charge in [-0.1, -0.05) is 24.3 Å². The Labute approximate surface area is 217 Å². The van der Waals surface area contributed by atoms with Gasteiger partial charge in [-0.2, -0.15) is 0 Å². The third-order valence-electron chi connectivity index (χ3n) is 9.18. The number of nitrogens with one attached hydrogen (secondary N) is 1. The monoisotopic (exact) mass is 504 g/mol. The van der Waals surface area contributed by atoms with Gasteiger partial charge in [0.1, 0.15) is 38.6 Å². The second-order valence-electron chi connectivity index (χ2n) is 10.5. The molecule has 2 aromatic rings. The lowest BCUT2D eigenvalue weighted by atomic mass is 9.61. The number of hydrogen-bond acceptors (Lipinski definition) is 5. The van der Waals surface area contributed by atoms with Gasteiger partial charge in [-0.3, -0.25) is 9.59 Å². The Balaban J connectivity index is 0.00000240. The fraction of sp³-hybridized carbons (Fsp3) is 0.379. The molecule has 1 N–H and O–H groups in total. The molecule has 6 nitrogen and oxygen atoms in total. The maximum Gasteiger partial charge on any atom is 0.217 e. The van der Waals surface area contributed by atoms with Crippen molar-refractivity contribution in [1.29, 1.82) is 0 Å². The summed E-state index contributed by atoms with van der Waals surface area (Å²) in [5.41, 5.74) is 6.11. The predicted octanol–water partition coefficient (Wildman–Crippen LogP) is 1.03. The molecule has 2 saturated heterocycles. The van der Waals surface area contributed by atoms with Crippen molar-refractivity contribution in [3.63, 3.8) is 0 Å². The van der Waals surface area contributed by atoms with E-state index in [4.69, 9.17) is 9.47 Å². The van der Waals surface area contributed by atoms with Crippen molar-refractivity contribution in [2.24, 2.45) is 5.92 Å². The molecule has 0 amide bonds. The number of allylic oxidation sites excluding steroid dienone is 2. The summed E-state index contributed by atoms with van der Waals surface area (Å²) in [5, 5.41) is 3.66. The number of anilines is 1. The van der Waals surface area contributed by atoms with Crippen LogP contribution in [-0.4, -0.2) is 55.4 Å². The lowest BCUT2D eigenvalue weighted by Crippen LogP contribution is -3.00. The Bertz CT molecular complexity index is 1350. The smallest absolute Gasteiger partial charge is 0.217 e. The van der Waals surface area contributed by atoms with Crippen LogP contribution in [0.25, 0.3) is 0 Å². The van der Waals surface area contributed by atoms with Gasteiger partial charge in [-0.15, -0.1) is 0 Å². The van der Waals surface area contributed by atoms with Crippen molar-refractivity contribution < 1.29 is 36.0 Å². The van der Waals surface area contributed by atoms with E-state index >= 15 is 0 Å². The number of benzene rings is 2. The van der Waals surface area contributed by atoms with Gasteiger partial charge < -0.3 is 31.7 Å². The third-order valence-corrected chi connectivity index (χ3v) is 9.18. The number of aldehydes is 1. The second kappa shape index (κ2) is 8.22. The maximum atomic E-state index is 13.8. The van der Waals surface area contributed by atoms with Crippen LogP contribution in [0.4, 0.5) is 5.69 Å². The Kier molecular flexibility index (Phi) is 5.32. The van der Waals surface area contributed by atoms with Gasteiger partial charge in [0.15, 0.2) is 11.5 Å². The number of piperidine rings is 1. The molecule has 2 aromatic carbocycles. The van der Waals surface area contributed by atoms with E-state index in [0.29, 0.717) is 36.8 Å². The van der Waals surface area contributed by atoms with E-state index < -0.39 is 0 Å². The highest BCUT2D eigenvalue weighted by molar-refractivity contribution is 5.97. The van der Waals surface area contributed by atoms with E-state index in [9.17, 15) is 9.59 Å². The van der Waals surface area contributed by atoms with Crippen molar-refractivity contribution in [2.75, 3.05) is 38.2 Å². The molecule has 4 atom stereocenters. The summed E-state index contributed by atoms with van der Waals surface area (Å²) in [6, 6.07) is 14.3. The molecule has 1 aliphatic carbocycles. The van der Waals surface area contributed by atoms with Crippen molar-refractivity contribution in [2.45, 2.75) is 31.2 Å². The van der Waals surface area contributed by atoms with Gasteiger partial charge in [-0.05, 0) is 42.3 Å². The molecule has 36 heavy (non-hydrogen) atoms. The van der Waals surface area contributed by atoms with Crippen LogP contribution in [0.15, 0.2) is 65.4 Å². The SMILES string of the molecule is C/C=C1/C[N+]2(CC(=O)c3ccc4c(c3)OCCO4)CC[C@]34C(=C(C=O)[C@H]1C[C@@H]32)Nc1ccccc14.[Cl-]. The number of rotatable bonds is 4. The van der Waals surface area contributed by atoms with E-state index in [1.807, 2.05) is 24.3 Å². The van der Waals surface area contributed by atoms with Gasteiger partial charge in [0.2, 0.25) is 5.78 Å². The first kappa shape index (κ1) is 23.3. The Morgan fingerprint density at radius 2 is 1.97 bits per heavy atom. The molecule has 5 aliphatic rings. The number of para-hydroxylation sites is 1. The standard InChI is InChI=1S/C29H28N2O4.ClH/c1-2-18-15-31(16-24(33)19-7-8-25-26(13-19)35-12-11-34-25)10-9-29-22-5-3-4-6-23(22)30-28(29)21(17-32)20(18)14-27(29)31;/h2-8,13,17,20,27H,9-12,14-16H2,1H3;1H/b18-2-;/t20-,27-,29+,31?;/m0./s1. The summed E-state index contributed by atoms with van der Waals surface area (Å²) in [6.07, 6.45) is 5.10. The highest BCUT2D eigenvalue weighted by Gasteiger charge is 2.68. The first-order valence-corrected chi connectivity index (χ1v) is 12.6. The number of ketones is 1. The number of nitrogens with zero attached hydrogens (tertiary/aromatic N) is 1. The van der Waals surface area contributed by atoms with Crippen LogP contribution >= 0.6 is 0 Å². The van der Waals surface area contributed by atoms with Crippen LogP contribution in [0.2, 0.25) is 0 Å². The van der Waals surface area contributed by atoms with E-state index in [2.05, 4.69) is 36.5 Å². The van der Waals surface area contributed by atoms with E-state index in [0.717, 1.165) is 53.7 Å². The molecule has 2 fully saturated rings. The van der Waals surface area contributed by atoms with Crippen LogP contribution in [0.5, 0.6) is 11.5 Å². The zero-order valence-electron chi connectivity index (χ0n) is 20.3. The molecule has 186 valence electrons. The summed E-state index contributed by atoms with van der Waals surface area (Å²) in [4.78, 5) is 26.2. The number of quaternary nitrogens is 1. The summed E-state index contributed by atoms with van der Waals surface area (Å²) < 4.78 is 12.1. The molecule has 0 saturated carbocycles. The van der Waals surface area contributed by atoms with E-state index in [-0.39, 0.29) is 35.6 Å². The average molecular weight is 505 g/mol. The molecule has 4 aliphatic heterocycles. The predicted molar refractivity (Wildman–Crippen MR) is 132 cm³/mol. The summed E-state index contributed by atoms with van der Waals surface area (Å²) >= 11 is 0. The number of ether oxygens (including phenoxy) is 2. The highest BCUT2D eigenvalue weighted by atomic mass is 35.5. The Morgan fingerprint density at radius 1 is 1.17 bits per heavy atom. The van der Waals surface area contributed by atoms with Crippen molar-refractivity contribution in [3.05, 3.63) is 76.5 Å². The third kappa shape index (κ3) is 2.94. The fourth-order valence-electron chi connectivity index (χ4n) is 7.72. The second-order valence-corrected chi connectivity index (χ2v) is 10.5. The van der Waals surface area contributed by atoms with Crippen LogP contribution in [0.1, 0.15) is 35.7 Å². The normalized spacial score (nSPS) is 31.8. The number of carbonyl (C=O) groups is 2. The molecular formula is C29H29ClN2O4. The molecule has 2 bridgehead atoms. The highest BCUT2D eigenvalue weighted by Crippen LogP contribution is 2.63. The van der Waals surface area contributed by atoms with Gasteiger partial charge >= 0.3 is 0 Å². The first-order valence-electron chi connectivity index (χ1n) is 12.6.